The summed E-state index contributed by atoms with van der Waals surface area (Å²) in [7, 11) is -2.62. The number of hydrogen-bond donors (Lipinski definition) is 2. The van der Waals surface area contributed by atoms with E-state index in [1.165, 1.54) is 19.2 Å². The van der Waals surface area contributed by atoms with Crippen molar-refractivity contribution in [3.8, 4) is 5.75 Å². The van der Waals surface area contributed by atoms with Crippen LogP contribution in [0.1, 0.15) is 0 Å². The molecule has 1 aromatic rings. The highest BCUT2D eigenvalue weighted by Crippen LogP contribution is 2.26. The van der Waals surface area contributed by atoms with Crippen molar-refractivity contribution in [1.29, 1.82) is 0 Å². The summed E-state index contributed by atoms with van der Waals surface area (Å²) in [6, 6.07) is 4.45. The maximum atomic E-state index is 11.9. The lowest BCUT2D eigenvalue weighted by Crippen LogP contribution is -2.29. The van der Waals surface area contributed by atoms with Crippen LogP contribution in [0.2, 0.25) is 0 Å². The van der Waals surface area contributed by atoms with Crippen molar-refractivity contribution in [3.63, 3.8) is 0 Å². The summed E-state index contributed by atoms with van der Waals surface area (Å²) in [4.78, 5) is 16.6. The van der Waals surface area contributed by atoms with E-state index in [1.807, 2.05) is 0 Å². The SMILES string of the molecule is COc1ccc(Br)cc1S(=O)(=O)NOCC(N)=O. The lowest BCUT2D eigenvalue weighted by molar-refractivity contribution is -0.123. The minimum Gasteiger partial charge on any atom is -0.495 e. The first-order valence-corrected chi connectivity index (χ1v) is 6.90. The van der Waals surface area contributed by atoms with Crippen LogP contribution in [0.4, 0.5) is 0 Å². The first-order chi connectivity index (χ1) is 8.36. The van der Waals surface area contributed by atoms with Crippen molar-refractivity contribution in [2.45, 2.75) is 4.90 Å². The van der Waals surface area contributed by atoms with Crippen LogP contribution in [0.25, 0.3) is 0 Å². The van der Waals surface area contributed by atoms with Gasteiger partial charge >= 0.3 is 0 Å². The van der Waals surface area contributed by atoms with E-state index in [0.29, 0.717) is 4.47 Å². The molecule has 0 bridgehead atoms. The predicted octanol–water partition coefficient (Wildman–Crippen LogP) is 0.153. The van der Waals surface area contributed by atoms with Gasteiger partial charge in [0.05, 0.1) is 7.11 Å². The number of benzene rings is 1. The van der Waals surface area contributed by atoms with Gasteiger partial charge in [-0.1, -0.05) is 20.8 Å². The van der Waals surface area contributed by atoms with E-state index in [9.17, 15) is 13.2 Å². The monoisotopic (exact) mass is 338 g/mol. The zero-order valence-electron chi connectivity index (χ0n) is 9.34. The largest absolute Gasteiger partial charge is 0.495 e. The maximum Gasteiger partial charge on any atom is 0.266 e. The van der Waals surface area contributed by atoms with Gasteiger partial charge < -0.3 is 10.5 Å². The van der Waals surface area contributed by atoms with Crippen molar-refractivity contribution in [2.75, 3.05) is 13.7 Å². The number of sulfonamides is 1. The van der Waals surface area contributed by atoms with Gasteiger partial charge in [-0.25, -0.2) is 8.42 Å². The second kappa shape index (κ2) is 6.14. The summed E-state index contributed by atoms with van der Waals surface area (Å²) in [5, 5.41) is 0. The van der Waals surface area contributed by atoms with E-state index in [4.69, 9.17) is 10.5 Å². The van der Waals surface area contributed by atoms with Crippen molar-refractivity contribution in [1.82, 2.24) is 4.89 Å². The molecule has 0 aliphatic heterocycles. The van der Waals surface area contributed by atoms with Crippen LogP contribution in [0.3, 0.4) is 0 Å². The standard InChI is InChI=1S/C9H11BrN2O5S/c1-16-7-3-2-6(10)4-8(7)18(14,15)12-17-5-9(11)13/h2-4,12H,5H2,1H3,(H2,11,13). The Morgan fingerprint density at radius 2 is 2.17 bits per heavy atom. The molecule has 1 amide bonds. The Morgan fingerprint density at radius 1 is 1.50 bits per heavy atom. The van der Waals surface area contributed by atoms with Crippen LogP contribution in [-0.4, -0.2) is 28.0 Å². The molecule has 0 spiro atoms. The second-order valence-corrected chi connectivity index (χ2v) is 5.67. The van der Waals surface area contributed by atoms with E-state index in [-0.39, 0.29) is 10.6 Å². The van der Waals surface area contributed by atoms with Crippen LogP contribution in [0.5, 0.6) is 5.75 Å². The van der Waals surface area contributed by atoms with Crippen molar-refractivity contribution in [3.05, 3.63) is 22.7 Å². The van der Waals surface area contributed by atoms with Gasteiger partial charge in [0.2, 0.25) is 5.91 Å². The molecular formula is C9H11BrN2O5S. The molecule has 0 unspecified atom stereocenters. The van der Waals surface area contributed by atoms with E-state index < -0.39 is 22.5 Å². The Labute approximate surface area is 112 Å². The van der Waals surface area contributed by atoms with Crippen molar-refractivity contribution < 1.29 is 22.8 Å². The Kier molecular flexibility index (Phi) is 5.08. The average Bonchev–Trinajstić information content (AvgIpc) is 2.28. The third-order valence-electron chi connectivity index (χ3n) is 1.80. The average molecular weight is 339 g/mol. The fourth-order valence-electron chi connectivity index (χ4n) is 1.08. The van der Waals surface area contributed by atoms with E-state index in [1.54, 1.807) is 11.0 Å². The highest BCUT2D eigenvalue weighted by atomic mass is 79.9. The van der Waals surface area contributed by atoms with Gasteiger partial charge in [0.1, 0.15) is 17.3 Å². The summed E-state index contributed by atoms with van der Waals surface area (Å²) in [6.45, 7) is -0.560. The molecule has 0 saturated carbocycles. The predicted molar refractivity (Wildman–Crippen MR) is 66.2 cm³/mol. The fraction of sp³-hybridized carbons (Fsp3) is 0.222. The molecule has 1 rings (SSSR count). The lowest BCUT2D eigenvalue weighted by Gasteiger charge is -2.10. The molecule has 0 aromatic heterocycles. The quantitative estimate of drug-likeness (QED) is 0.718. The van der Waals surface area contributed by atoms with Crippen LogP contribution in [-0.2, 0) is 19.7 Å². The number of nitrogens with two attached hydrogens (primary N) is 1. The van der Waals surface area contributed by atoms with Crippen molar-refractivity contribution >= 4 is 31.9 Å². The molecule has 0 atom stereocenters. The maximum absolute atomic E-state index is 11.9. The highest BCUT2D eigenvalue weighted by molar-refractivity contribution is 9.10. The number of carbonyl (C=O) groups excluding carboxylic acids is 1. The number of nitrogens with one attached hydrogen (secondary N) is 1. The Hall–Kier alpha value is -1.16. The molecule has 100 valence electrons. The zero-order chi connectivity index (χ0) is 13.8. The van der Waals surface area contributed by atoms with Gasteiger partial charge in [-0.2, -0.15) is 0 Å². The van der Waals surface area contributed by atoms with Gasteiger partial charge in [-0.15, -0.1) is 0 Å². The molecule has 18 heavy (non-hydrogen) atoms. The number of halogens is 1. The topological polar surface area (TPSA) is 108 Å². The number of amides is 1. The summed E-state index contributed by atoms with van der Waals surface area (Å²) < 4.78 is 29.2. The van der Waals surface area contributed by atoms with E-state index in [2.05, 4.69) is 20.8 Å². The van der Waals surface area contributed by atoms with E-state index >= 15 is 0 Å². The normalized spacial score (nSPS) is 11.2. The van der Waals surface area contributed by atoms with Crippen LogP contribution in [0, 0.1) is 0 Å². The molecule has 0 aliphatic rings. The molecule has 1 aromatic carbocycles. The van der Waals surface area contributed by atoms with Crippen LogP contribution < -0.4 is 15.4 Å². The van der Waals surface area contributed by atoms with Gasteiger partial charge in [0, 0.05) is 4.47 Å². The third kappa shape index (κ3) is 3.95. The van der Waals surface area contributed by atoms with Crippen LogP contribution in [0.15, 0.2) is 27.6 Å². The Balaban J connectivity index is 2.97. The molecule has 7 nitrogen and oxygen atoms in total. The number of ether oxygens (including phenoxy) is 1. The first kappa shape index (κ1) is 14.9. The molecule has 0 aliphatic carbocycles. The Bertz CT molecular complexity index is 546. The van der Waals surface area contributed by atoms with Gasteiger partial charge in [-0.05, 0) is 18.2 Å². The molecule has 9 heteroatoms. The molecule has 0 radical (unpaired) electrons. The Morgan fingerprint density at radius 3 is 2.72 bits per heavy atom. The number of hydrogen-bond acceptors (Lipinski definition) is 5. The number of primary amides is 1. The minimum absolute atomic E-state index is 0.121. The summed E-state index contributed by atoms with van der Waals surface area (Å²) in [5.41, 5.74) is 4.81. The molecule has 0 heterocycles. The van der Waals surface area contributed by atoms with E-state index in [0.717, 1.165) is 0 Å². The number of methoxy groups -OCH3 is 1. The highest BCUT2D eigenvalue weighted by Gasteiger charge is 2.20. The second-order valence-electron chi connectivity index (χ2n) is 3.14. The first-order valence-electron chi connectivity index (χ1n) is 4.62. The van der Waals surface area contributed by atoms with Gasteiger partial charge in [0.15, 0.2) is 0 Å². The summed E-state index contributed by atoms with van der Waals surface area (Å²) in [5.74, 6) is -0.646. The van der Waals surface area contributed by atoms with Gasteiger partial charge in [-0.3, -0.25) is 9.63 Å². The minimum atomic E-state index is -3.96. The molecule has 0 saturated heterocycles. The van der Waals surface area contributed by atoms with Crippen molar-refractivity contribution in [2.24, 2.45) is 5.73 Å². The lowest BCUT2D eigenvalue weighted by atomic mass is 10.3. The molecule has 3 N–H and O–H groups in total. The summed E-state index contributed by atoms with van der Waals surface area (Å²) in [6.07, 6.45) is 0. The third-order valence-corrected chi connectivity index (χ3v) is 3.53. The van der Waals surface area contributed by atoms with Gasteiger partial charge in [0.25, 0.3) is 10.0 Å². The fourth-order valence-corrected chi connectivity index (χ4v) is 2.60. The molecule has 0 fully saturated rings. The number of carbonyl (C=O) groups is 1. The zero-order valence-corrected chi connectivity index (χ0v) is 11.7. The summed E-state index contributed by atoms with van der Waals surface area (Å²) >= 11 is 3.15. The number of rotatable bonds is 6. The molecular weight excluding hydrogens is 328 g/mol. The smallest absolute Gasteiger partial charge is 0.266 e. The van der Waals surface area contributed by atoms with Crippen LogP contribution >= 0.6 is 15.9 Å².